The Morgan fingerprint density at radius 2 is 1.70 bits per heavy atom. The van der Waals surface area contributed by atoms with Crippen molar-refractivity contribution in [2.45, 2.75) is 25.6 Å². The second-order valence-electron chi connectivity index (χ2n) is 8.32. The molecule has 3 heterocycles. The molecule has 0 amide bonds. The molecule has 0 bridgehead atoms. The van der Waals surface area contributed by atoms with Gasteiger partial charge in [0.25, 0.3) is 0 Å². The highest BCUT2D eigenvalue weighted by Crippen LogP contribution is 2.31. The normalized spacial score (nSPS) is 16.2. The molecule has 1 aliphatic rings. The van der Waals surface area contributed by atoms with Crippen LogP contribution in [0.1, 0.15) is 27.9 Å². The molecule has 6 nitrogen and oxygen atoms in total. The lowest BCUT2D eigenvalue weighted by Crippen LogP contribution is -2.47. The Kier molecular flexibility index (Phi) is 7.12. The fourth-order valence-corrected chi connectivity index (χ4v) is 5.46. The van der Waals surface area contributed by atoms with Gasteiger partial charge in [-0.1, -0.05) is 66.2 Å². The Labute approximate surface area is 203 Å². The van der Waals surface area contributed by atoms with Gasteiger partial charge in [-0.2, -0.15) is 0 Å². The number of piperazine rings is 1. The number of aromatic nitrogens is 4. The summed E-state index contributed by atoms with van der Waals surface area (Å²) < 4.78 is 1.98. The van der Waals surface area contributed by atoms with E-state index >= 15 is 0 Å². The summed E-state index contributed by atoms with van der Waals surface area (Å²) in [6.07, 6.45) is 0.904. The van der Waals surface area contributed by atoms with Gasteiger partial charge in [0.15, 0.2) is 5.82 Å². The number of hydrogen-bond donors (Lipinski definition) is 0. The molecule has 2 aromatic heterocycles. The van der Waals surface area contributed by atoms with E-state index in [1.54, 1.807) is 11.3 Å². The van der Waals surface area contributed by atoms with Crippen LogP contribution in [0.2, 0.25) is 5.02 Å². The quantitative estimate of drug-likeness (QED) is 0.372. The Hall–Kier alpha value is -2.58. The van der Waals surface area contributed by atoms with E-state index in [9.17, 15) is 0 Å². The molecule has 5 rings (SSSR count). The molecule has 170 valence electrons. The van der Waals surface area contributed by atoms with Gasteiger partial charge in [-0.25, -0.2) is 4.68 Å². The van der Waals surface area contributed by atoms with Crippen molar-refractivity contribution < 1.29 is 0 Å². The summed E-state index contributed by atoms with van der Waals surface area (Å²) in [4.78, 5) is 6.27. The van der Waals surface area contributed by atoms with Gasteiger partial charge in [-0.15, -0.1) is 16.4 Å². The molecular formula is C25H27ClN6S. The van der Waals surface area contributed by atoms with Crippen molar-refractivity contribution in [3.05, 3.63) is 99.0 Å². The molecule has 2 aromatic carbocycles. The van der Waals surface area contributed by atoms with E-state index in [-0.39, 0.29) is 6.04 Å². The minimum atomic E-state index is 0.0678. The molecule has 0 aliphatic carbocycles. The molecule has 1 atom stereocenters. The first-order valence-corrected chi connectivity index (χ1v) is 12.6. The Morgan fingerprint density at radius 3 is 2.45 bits per heavy atom. The molecule has 0 saturated carbocycles. The van der Waals surface area contributed by atoms with Crippen LogP contribution in [0, 0.1) is 0 Å². The first kappa shape index (κ1) is 22.2. The van der Waals surface area contributed by atoms with E-state index in [1.807, 2.05) is 22.9 Å². The zero-order valence-electron chi connectivity index (χ0n) is 18.4. The molecule has 4 aromatic rings. The van der Waals surface area contributed by atoms with Gasteiger partial charge in [0, 0.05) is 49.2 Å². The van der Waals surface area contributed by atoms with Gasteiger partial charge in [0.05, 0.1) is 0 Å². The molecule has 1 saturated heterocycles. The monoisotopic (exact) mass is 478 g/mol. The van der Waals surface area contributed by atoms with Gasteiger partial charge in [-0.3, -0.25) is 9.80 Å². The van der Waals surface area contributed by atoms with Crippen LogP contribution in [0.3, 0.4) is 0 Å². The summed E-state index contributed by atoms with van der Waals surface area (Å²) in [5.41, 5.74) is 2.48. The topological polar surface area (TPSA) is 50.1 Å². The van der Waals surface area contributed by atoms with E-state index in [0.717, 1.165) is 56.5 Å². The van der Waals surface area contributed by atoms with Crippen molar-refractivity contribution in [3.8, 4) is 0 Å². The number of halogens is 1. The second-order valence-corrected chi connectivity index (χ2v) is 9.70. The highest BCUT2D eigenvalue weighted by atomic mass is 35.5. The third-order valence-corrected chi connectivity index (χ3v) is 7.49. The van der Waals surface area contributed by atoms with Crippen LogP contribution in [0.4, 0.5) is 0 Å². The van der Waals surface area contributed by atoms with Crippen LogP contribution in [0.15, 0.2) is 72.1 Å². The van der Waals surface area contributed by atoms with Gasteiger partial charge in [0.1, 0.15) is 6.04 Å². The van der Waals surface area contributed by atoms with Gasteiger partial charge < -0.3 is 0 Å². The Morgan fingerprint density at radius 1 is 0.909 bits per heavy atom. The number of hydrogen-bond acceptors (Lipinski definition) is 6. The maximum Gasteiger partial charge on any atom is 0.173 e. The minimum absolute atomic E-state index is 0.0678. The van der Waals surface area contributed by atoms with E-state index in [4.69, 9.17) is 11.6 Å². The molecular weight excluding hydrogens is 452 g/mol. The van der Waals surface area contributed by atoms with Crippen molar-refractivity contribution in [2.75, 3.05) is 26.2 Å². The smallest absolute Gasteiger partial charge is 0.173 e. The highest BCUT2D eigenvalue weighted by molar-refractivity contribution is 7.10. The number of benzene rings is 2. The fourth-order valence-electron chi connectivity index (χ4n) is 4.41. The zero-order chi connectivity index (χ0) is 22.5. The lowest BCUT2D eigenvalue weighted by molar-refractivity contribution is 0.101. The third kappa shape index (κ3) is 5.33. The first-order valence-electron chi connectivity index (χ1n) is 11.3. The molecule has 0 N–H and O–H groups in total. The van der Waals surface area contributed by atoms with Crippen molar-refractivity contribution in [2.24, 2.45) is 0 Å². The van der Waals surface area contributed by atoms with Crippen LogP contribution >= 0.6 is 22.9 Å². The molecule has 33 heavy (non-hydrogen) atoms. The van der Waals surface area contributed by atoms with E-state index < -0.39 is 0 Å². The summed E-state index contributed by atoms with van der Waals surface area (Å²) in [7, 11) is 0. The minimum Gasteiger partial charge on any atom is -0.296 e. The molecule has 0 radical (unpaired) electrons. The van der Waals surface area contributed by atoms with Crippen LogP contribution < -0.4 is 0 Å². The Balaban J connectivity index is 1.30. The Bertz CT molecular complexity index is 1140. The summed E-state index contributed by atoms with van der Waals surface area (Å²) in [6, 6.07) is 23.0. The summed E-state index contributed by atoms with van der Waals surface area (Å²) in [6.45, 7) is 5.53. The number of aryl methyl sites for hydroxylation is 2. The van der Waals surface area contributed by atoms with Gasteiger partial charge >= 0.3 is 0 Å². The first-order chi connectivity index (χ1) is 16.3. The maximum absolute atomic E-state index is 6.39. The van der Waals surface area contributed by atoms with Crippen LogP contribution in [-0.2, 0) is 19.5 Å². The maximum atomic E-state index is 6.39. The summed E-state index contributed by atoms with van der Waals surface area (Å²) >= 11 is 8.16. The largest absolute Gasteiger partial charge is 0.296 e. The van der Waals surface area contributed by atoms with Crippen molar-refractivity contribution >= 4 is 22.9 Å². The van der Waals surface area contributed by atoms with Gasteiger partial charge in [0.2, 0.25) is 0 Å². The lowest BCUT2D eigenvalue weighted by atomic mass is 10.1. The zero-order valence-corrected chi connectivity index (χ0v) is 20.0. The SMILES string of the molecule is Clc1ccccc1CN1CCN(C(c2cccs2)c2nnnn2CCc2ccccc2)CC1. The summed E-state index contributed by atoms with van der Waals surface area (Å²) in [5.74, 6) is 0.924. The van der Waals surface area contributed by atoms with Crippen LogP contribution in [0.25, 0.3) is 0 Å². The molecule has 1 unspecified atom stereocenters. The predicted molar refractivity (Wildman–Crippen MR) is 132 cm³/mol. The number of rotatable bonds is 8. The second kappa shape index (κ2) is 10.6. The molecule has 0 spiro atoms. The molecule has 8 heteroatoms. The third-order valence-electron chi connectivity index (χ3n) is 6.20. The van der Waals surface area contributed by atoms with E-state index in [2.05, 4.69) is 79.2 Å². The summed E-state index contributed by atoms with van der Waals surface area (Å²) in [5, 5.41) is 15.9. The van der Waals surface area contributed by atoms with Crippen molar-refractivity contribution in [1.82, 2.24) is 30.0 Å². The molecule has 1 aliphatic heterocycles. The highest BCUT2D eigenvalue weighted by Gasteiger charge is 2.31. The molecule has 1 fully saturated rings. The number of thiophene rings is 1. The number of nitrogens with zero attached hydrogens (tertiary/aromatic N) is 6. The lowest BCUT2D eigenvalue weighted by Gasteiger charge is -2.38. The van der Waals surface area contributed by atoms with Gasteiger partial charge in [-0.05, 0) is 45.5 Å². The van der Waals surface area contributed by atoms with E-state index in [0.29, 0.717) is 0 Å². The average Bonchev–Trinajstić information content (AvgIpc) is 3.54. The average molecular weight is 479 g/mol. The fraction of sp³-hybridized carbons (Fsp3) is 0.320. The van der Waals surface area contributed by atoms with E-state index in [1.165, 1.54) is 16.0 Å². The standard InChI is InChI=1S/C25H27ClN6S/c26-22-10-5-4-9-21(22)19-30-14-16-31(17-15-30)24(23-11-6-18-33-23)25-27-28-29-32(25)13-12-20-7-2-1-3-8-20/h1-11,18,24H,12-17,19H2. The number of tetrazole rings is 1. The van der Waals surface area contributed by atoms with Crippen molar-refractivity contribution in [3.63, 3.8) is 0 Å². The van der Waals surface area contributed by atoms with Crippen LogP contribution in [0.5, 0.6) is 0 Å². The van der Waals surface area contributed by atoms with Crippen LogP contribution in [-0.4, -0.2) is 56.2 Å². The predicted octanol–water partition coefficient (Wildman–Crippen LogP) is 4.54. The van der Waals surface area contributed by atoms with Crippen molar-refractivity contribution in [1.29, 1.82) is 0 Å².